The summed E-state index contributed by atoms with van der Waals surface area (Å²) in [6.07, 6.45) is -0.933. The van der Waals surface area contributed by atoms with Crippen molar-refractivity contribution in [3.05, 3.63) is 71.4 Å². The third kappa shape index (κ3) is 7.12. The zero-order valence-electron chi connectivity index (χ0n) is 20.4. The van der Waals surface area contributed by atoms with E-state index in [2.05, 4.69) is 10.1 Å². The van der Waals surface area contributed by atoms with Crippen LogP contribution in [0.1, 0.15) is 59.6 Å². The molecule has 8 nitrogen and oxygen atoms in total. The Morgan fingerprint density at radius 1 is 1.05 bits per heavy atom. The van der Waals surface area contributed by atoms with E-state index in [1.807, 2.05) is 10.7 Å². The lowest BCUT2D eigenvalue weighted by Crippen LogP contribution is -2.36. The molecular weight excluding hydrogens is 503 g/mol. The van der Waals surface area contributed by atoms with E-state index < -0.39 is 30.9 Å². The Hall–Kier alpha value is -3.86. The fourth-order valence-electron chi connectivity index (χ4n) is 4.53. The SMILES string of the molecule is O=C(NCC(O)C(=O)O)c1ccc(Cn2nc(C3CCCCC3)cc2-c2ccc(OC(F)(F)F)cc2)cc1. The summed E-state index contributed by atoms with van der Waals surface area (Å²) in [5.41, 5.74) is 3.54. The normalized spacial score (nSPS) is 15.2. The van der Waals surface area contributed by atoms with Gasteiger partial charge in [-0.1, -0.05) is 31.4 Å². The van der Waals surface area contributed by atoms with Crippen molar-refractivity contribution in [1.29, 1.82) is 0 Å². The third-order valence-electron chi connectivity index (χ3n) is 6.50. The minimum atomic E-state index is -4.77. The van der Waals surface area contributed by atoms with E-state index in [0.717, 1.165) is 42.6 Å². The molecule has 11 heteroatoms. The summed E-state index contributed by atoms with van der Waals surface area (Å²) in [6.45, 7) is -0.0498. The maximum absolute atomic E-state index is 12.6. The molecule has 1 atom stereocenters. The second kappa shape index (κ2) is 11.7. The first kappa shape index (κ1) is 27.2. The Morgan fingerprint density at radius 3 is 2.32 bits per heavy atom. The zero-order chi connectivity index (χ0) is 27.3. The van der Waals surface area contributed by atoms with Crippen LogP contribution in [0, 0.1) is 0 Å². The van der Waals surface area contributed by atoms with Crippen LogP contribution in [0.3, 0.4) is 0 Å². The number of carbonyl (C=O) groups is 2. The van der Waals surface area contributed by atoms with Gasteiger partial charge in [0.25, 0.3) is 5.91 Å². The van der Waals surface area contributed by atoms with Crippen LogP contribution >= 0.6 is 0 Å². The second-order valence-corrected chi connectivity index (χ2v) is 9.28. The van der Waals surface area contributed by atoms with E-state index in [1.165, 1.54) is 18.6 Å². The van der Waals surface area contributed by atoms with Crippen LogP contribution < -0.4 is 10.1 Å². The summed E-state index contributed by atoms with van der Waals surface area (Å²) in [5, 5.41) is 25.3. The summed E-state index contributed by atoms with van der Waals surface area (Å²) in [4.78, 5) is 23.0. The monoisotopic (exact) mass is 531 g/mol. The molecule has 0 radical (unpaired) electrons. The molecule has 0 aliphatic heterocycles. The maximum atomic E-state index is 12.6. The molecule has 0 bridgehead atoms. The van der Waals surface area contributed by atoms with Crippen LogP contribution in [0.5, 0.6) is 5.75 Å². The Morgan fingerprint density at radius 2 is 1.71 bits per heavy atom. The van der Waals surface area contributed by atoms with Crippen molar-refractivity contribution < 1.29 is 37.7 Å². The van der Waals surface area contributed by atoms with Gasteiger partial charge in [-0.2, -0.15) is 5.10 Å². The lowest BCUT2D eigenvalue weighted by molar-refractivity contribution is -0.274. The minimum Gasteiger partial charge on any atom is -0.479 e. The largest absolute Gasteiger partial charge is 0.573 e. The summed E-state index contributed by atoms with van der Waals surface area (Å²) in [7, 11) is 0. The number of carbonyl (C=O) groups excluding carboxylic acids is 1. The first-order valence-corrected chi connectivity index (χ1v) is 12.3. The number of carboxylic acid groups (broad SMARTS) is 1. The number of benzene rings is 2. The molecule has 38 heavy (non-hydrogen) atoms. The molecule has 202 valence electrons. The van der Waals surface area contributed by atoms with Crippen LogP contribution in [0.25, 0.3) is 11.3 Å². The van der Waals surface area contributed by atoms with Crippen molar-refractivity contribution in [3.63, 3.8) is 0 Å². The number of hydrogen-bond acceptors (Lipinski definition) is 5. The number of ether oxygens (including phenoxy) is 1. The summed E-state index contributed by atoms with van der Waals surface area (Å²) < 4.78 is 43.5. The molecule has 0 saturated heterocycles. The van der Waals surface area contributed by atoms with Gasteiger partial charge in [-0.05, 0) is 60.9 Å². The van der Waals surface area contributed by atoms with E-state index in [-0.39, 0.29) is 5.75 Å². The van der Waals surface area contributed by atoms with Crippen molar-refractivity contribution in [2.45, 2.75) is 57.0 Å². The van der Waals surface area contributed by atoms with E-state index in [0.29, 0.717) is 23.6 Å². The van der Waals surface area contributed by atoms with Crippen LogP contribution in [0.2, 0.25) is 0 Å². The highest BCUT2D eigenvalue weighted by molar-refractivity contribution is 5.94. The molecule has 3 N–H and O–H groups in total. The molecule has 2 aromatic carbocycles. The predicted molar refractivity (Wildman–Crippen MR) is 132 cm³/mol. The quantitative estimate of drug-likeness (QED) is 0.368. The van der Waals surface area contributed by atoms with Crippen molar-refractivity contribution in [2.24, 2.45) is 0 Å². The van der Waals surface area contributed by atoms with Crippen molar-refractivity contribution >= 4 is 11.9 Å². The number of alkyl halides is 3. The zero-order valence-corrected chi connectivity index (χ0v) is 20.4. The lowest BCUT2D eigenvalue weighted by atomic mass is 9.87. The smallest absolute Gasteiger partial charge is 0.479 e. The van der Waals surface area contributed by atoms with Gasteiger partial charge < -0.3 is 20.3 Å². The molecular formula is C27H28F3N3O5. The van der Waals surface area contributed by atoms with Gasteiger partial charge >= 0.3 is 12.3 Å². The van der Waals surface area contributed by atoms with Gasteiger partial charge in [0, 0.05) is 17.0 Å². The molecule has 1 unspecified atom stereocenters. The lowest BCUT2D eigenvalue weighted by Gasteiger charge is -2.19. The van der Waals surface area contributed by atoms with E-state index in [9.17, 15) is 27.9 Å². The number of aliphatic hydroxyl groups excluding tert-OH is 1. The third-order valence-corrected chi connectivity index (χ3v) is 6.50. The van der Waals surface area contributed by atoms with Crippen LogP contribution in [0.15, 0.2) is 54.6 Å². The van der Waals surface area contributed by atoms with Crippen molar-refractivity contribution in [3.8, 4) is 17.0 Å². The summed E-state index contributed by atoms with van der Waals surface area (Å²) in [6, 6.07) is 14.3. The van der Waals surface area contributed by atoms with Gasteiger partial charge in [-0.15, -0.1) is 13.2 Å². The summed E-state index contributed by atoms with van der Waals surface area (Å²) in [5.74, 6) is -1.92. The van der Waals surface area contributed by atoms with Gasteiger partial charge in [0.05, 0.1) is 24.5 Å². The topological polar surface area (TPSA) is 114 Å². The van der Waals surface area contributed by atoms with Crippen molar-refractivity contribution in [1.82, 2.24) is 15.1 Å². The second-order valence-electron chi connectivity index (χ2n) is 9.28. The summed E-state index contributed by atoms with van der Waals surface area (Å²) >= 11 is 0. The molecule has 3 aromatic rings. The molecule has 0 spiro atoms. The van der Waals surface area contributed by atoms with Gasteiger partial charge in [-0.25, -0.2) is 4.79 Å². The number of halogens is 3. The Bertz CT molecular complexity index is 1250. The van der Waals surface area contributed by atoms with E-state index in [1.54, 1.807) is 36.4 Å². The number of aliphatic carboxylic acids is 1. The number of nitrogens with zero attached hydrogens (tertiary/aromatic N) is 2. The van der Waals surface area contributed by atoms with E-state index in [4.69, 9.17) is 10.2 Å². The molecule has 1 aliphatic rings. The van der Waals surface area contributed by atoms with Crippen LogP contribution in [-0.2, 0) is 11.3 Å². The first-order chi connectivity index (χ1) is 18.1. The number of amides is 1. The first-order valence-electron chi connectivity index (χ1n) is 12.3. The number of hydrogen-bond donors (Lipinski definition) is 3. The standard InChI is InChI=1S/C27H28F3N3O5/c28-27(29,30)38-21-12-10-19(11-13-21)23-14-22(18-4-2-1-3-5-18)32-33(23)16-17-6-8-20(9-7-17)25(35)31-15-24(34)26(36)37/h6-14,18,24,34H,1-5,15-16H2,(H,31,35)(H,36,37). The fraction of sp³-hybridized carbons (Fsp3) is 0.370. The van der Waals surface area contributed by atoms with Crippen LogP contribution in [0.4, 0.5) is 13.2 Å². The number of nitrogens with one attached hydrogen (secondary N) is 1. The van der Waals surface area contributed by atoms with Crippen molar-refractivity contribution in [2.75, 3.05) is 6.54 Å². The molecule has 1 amide bonds. The van der Waals surface area contributed by atoms with Crippen LogP contribution in [-0.4, -0.2) is 50.9 Å². The maximum Gasteiger partial charge on any atom is 0.573 e. The molecule has 1 heterocycles. The number of aromatic nitrogens is 2. The highest BCUT2D eigenvalue weighted by atomic mass is 19.4. The number of carboxylic acids is 1. The number of rotatable bonds is 9. The highest BCUT2D eigenvalue weighted by Gasteiger charge is 2.31. The molecule has 4 rings (SSSR count). The minimum absolute atomic E-state index is 0.301. The van der Waals surface area contributed by atoms with Gasteiger partial charge in [-0.3, -0.25) is 9.48 Å². The van der Waals surface area contributed by atoms with Gasteiger partial charge in [0.2, 0.25) is 0 Å². The average molecular weight is 532 g/mol. The fourth-order valence-corrected chi connectivity index (χ4v) is 4.53. The predicted octanol–water partition coefficient (Wildman–Crippen LogP) is 4.72. The highest BCUT2D eigenvalue weighted by Crippen LogP contribution is 2.35. The Kier molecular flexibility index (Phi) is 8.35. The number of aliphatic hydroxyl groups is 1. The molecule has 1 aliphatic carbocycles. The van der Waals surface area contributed by atoms with Gasteiger partial charge in [0.15, 0.2) is 6.10 Å². The Labute approximate surface area is 217 Å². The van der Waals surface area contributed by atoms with E-state index >= 15 is 0 Å². The molecule has 1 aromatic heterocycles. The Balaban J connectivity index is 1.54. The van der Waals surface area contributed by atoms with Gasteiger partial charge in [0.1, 0.15) is 5.75 Å². The molecule has 1 fully saturated rings. The average Bonchev–Trinajstić information content (AvgIpc) is 3.31. The molecule has 1 saturated carbocycles.